The number of hydrogen-bond donors (Lipinski definition) is 2. The first-order chi connectivity index (χ1) is 17.8. The molecule has 5 rings (SSSR count). The molecule has 0 saturated carbocycles. The largest absolute Gasteiger partial charge is 0.458 e. The fourth-order valence-corrected chi connectivity index (χ4v) is 5.22. The zero-order valence-electron chi connectivity index (χ0n) is 21.4. The van der Waals surface area contributed by atoms with E-state index >= 15 is 0 Å². The van der Waals surface area contributed by atoms with E-state index in [1.807, 2.05) is 20.8 Å². The van der Waals surface area contributed by atoms with Crippen LogP contribution in [0.3, 0.4) is 0 Å². The molecular weight excluding hydrogens is 561 g/mol. The summed E-state index contributed by atoms with van der Waals surface area (Å²) in [5.41, 5.74) is 0.0694. The Kier molecular flexibility index (Phi) is 6.44. The number of nitrogens with zero attached hydrogens (tertiary/aromatic N) is 2. The maximum atomic E-state index is 14.5. The summed E-state index contributed by atoms with van der Waals surface area (Å²) < 4.78 is 27.0. The number of ether oxygens (including phenoxy) is 2. The molecule has 2 N–H and O–H groups in total. The summed E-state index contributed by atoms with van der Waals surface area (Å²) in [5, 5.41) is 14.6. The number of cyclic esters (lactones) is 1. The number of aromatic nitrogens is 2. The molecule has 3 aromatic rings. The second kappa shape index (κ2) is 9.25. The smallest absolute Gasteiger partial charge is 0.343 e. The van der Waals surface area contributed by atoms with Crippen molar-refractivity contribution in [1.29, 1.82) is 0 Å². The molecule has 0 unspecified atom stereocenters. The molecule has 2 aromatic heterocycles. The second-order valence-corrected chi connectivity index (χ2v) is 11.3. The third kappa shape index (κ3) is 4.32. The highest BCUT2D eigenvalue weighted by Crippen LogP contribution is 2.40. The summed E-state index contributed by atoms with van der Waals surface area (Å²) >= 11 is 3.23. The van der Waals surface area contributed by atoms with Gasteiger partial charge in [-0.1, -0.05) is 6.92 Å². The van der Waals surface area contributed by atoms with Gasteiger partial charge in [-0.3, -0.25) is 9.59 Å². The van der Waals surface area contributed by atoms with Crippen molar-refractivity contribution in [2.75, 3.05) is 6.61 Å². The van der Waals surface area contributed by atoms with Crippen molar-refractivity contribution < 1.29 is 28.6 Å². The number of esters is 1. The van der Waals surface area contributed by atoms with Gasteiger partial charge in [-0.05, 0) is 60.8 Å². The molecule has 0 aliphatic carbocycles. The molecule has 1 amide bonds. The van der Waals surface area contributed by atoms with Gasteiger partial charge in [0.1, 0.15) is 19.0 Å². The molecule has 0 radical (unpaired) electrons. The van der Waals surface area contributed by atoms with Crippen LogP contribution in [0.5, 0.6) is 0 Å². The van der Waals surface area contributed by atoms with E-state index in [2.05, 4.69) is 26.2 Å². The maximum Gasteiger partial charge on any atom is 0.343 e. The molecular formula is C27H27BrFN3O6. The van der Waals surface area contributed by atoms with E-state index in [9.17, 15) is 23.9 Å². The number of amides is 1. The van der Waals surface area contributed by atoms with Crippen LogP contribution in [0.2, 0.25) is 0 Å². The molecule has 0 saturated heterocycles. The van der Waals surface area contributed by atoms with Crippen LogP contribution in [-0.2, 0) is 44.4 Å². The molecule has 2 aliphatic rings. The van der Waals surface area contributed by atoms with E-state index in [-0.39, 0.29) is 54.2 Å². The van der Waals surface area contributed by atoms with Crippen molar-refractivity contribution >= 4 is 38.7 Å². The van der Waals surface area contributed by atoms with Crippen molar-refractivity contribution in [3.05, 3.63) is 61.1 Å². The van der Waals surface area contributed by atoms with E-state index in [0.29, 0.717) is 33.4 Å². The topological polar surface area (TPSA) is 120 Å². The molecule has 0 fully saturated rings. The van der Waals surface area contributed by atoms with Gasteiger partial charge in [-0.2, -0.15) is 0 Å². The number of halogens is 2. The van der Waals surface area contributed by atoms with Crippen LogP contribution in [0.1, 0.15) is 56.4 Å². The minimum atomic E-state index is -1.96. The third-order valence-electron chi connectivity index (χ3n) is 6.95. The second-order valence-electron chi connectivity index (χ2n) is 10.5. The van der Waals surface area contributed by atoms with Gasteiger partial charge >= 0.3 is 5.97 Å². The third-order valence-corrected chi connectivity index (χ3v) is 7.55. The first-order valence-electron chi connectivity index (χ1n) is 12.2. The Hall–Kier alpha value is -3.15. The van der Waals surface area contributed by atoms with Gasteiger partial charge < -0.3 is 24.5 Å². The first-order valence-corrected chi connectivity index (χ1v) is 13.0. The number of hydrogen-bond acceptors (Lipinski definition) is 7. The van der Waals surface area contributed by atoms with Crippen molar-refractivity contribution in [3.63, 3.8) is 0 Å². The van der Waals surface area contributed by atoms with E-state index in [0.717, 1.165) is 0 Å². The van der Waals surface area contributed by atoms with Crippen LogP contribution >= 0.6 is 15.9 Å². The summed E-state index contributed by atoms with van der Waals surface area (Å²) in [7, 11) is 0. The van der Waals surface area contributed by atoms with Crippen LogP contribution in [0, 0.1) is 5.82 Å². The molecule has 0 bridgehead atoms. The molecule has 1 atom stereocenters. The number of pyridine rings is 2. The van der Waals surface area contributed by atoms with Gasteiger partial charge in [0.15, 0.2) is 5.60 Å². The number of nitrogens with one attached hydrogen (secondary N) is 1. The monoisotopic (exact) mass is 587 g/mol. The Morgan fingerprint density at radius 1 is 1.29 bits per heavy atom. The van der Waals surface area contributed by atoms with Crippen molar-refractivity contribution in [2.24, 2.45) is 0 Å². The first kappa shape index (κ1) is 26.5. The zero-order chi connectivity index (χ0) is 27.6. The summed E-state index contributed by atoms with van der Waals surface area (Å²) in [6.07, 6.45) is 0.0207. The lowest BCUT2D eigenvalue weighted by atomic mass is 9.86. The minimum absolute atomic E-state index is 0.0207. The maximum absolute atomic E-state index is 14.5. The van der Waals surface area contributed by atoms with E-state index in [1.54, 1.807) is 19.1 Å². The fourth-order valence-electron chi connectivity index (χ4n) is 4.88. The van der Waals surface area contributed by atoms with E-state index < -0.39 is 28.5 Å². The summed E-state index contributed by atoms with van der Waals surface area (Å²) in [5.74, 6) is -1.65. The Bertz CT molecular complexity index is 1580. The standard InChI is InChI=1S/C27H27BrFN3O6/c1-5-27(36)17-7-21-23-15(10-32(21)24(34)16(17)11-37-25(27)35)14(9-30-22(33)12-38-26(2,3)4)13-6-18(28)19(29)8-20(13)31-23/h6-8,36H,5,9-12H2,1-4H3,(H,30,33)/t27-/m0/s1. The highest BCUT2D eigenvalue weighted by molar-refractivity contribution is 9.10. The molecule has 1 aromatic carbocycles. The molecule has 9 nitrogen and oxygen atoms in total. The number of fused-ring (bicyclic) bond motifs is 5. The number of rotatable bonds is 5. The van der Waals surface area contributed by atoms with E-state index in [4.69, 9.17) is 9.47 Å². The molecule has 4 heterocycles. The molecule has 2 aliphatic heterocycles. The van der Waals surface area contributed by atoms with Crippen LogP contribution < -0.4 is 10.9 Å². The highest BCUT2D eigenvalue weighted by atomic mass is 79.9. The lowest BCUT2D eigenvalue weighted by molar-refractivity contribution is -0.172. The van der Waals surface area contributed by atoms with Crippen molar-refractivity contribution in [1.82, 2.24) is 14.9 Å². The average molecular weight is 588 g/mol. The van der Waals surface area contributed by atoms with Gasteiger partial charge in [-0.25, -0.2) is 14.2 Å². The summed E-state index contributed by atoms with van der Waals surface area (Å²) in [6.45, 7) is 7.05. The van der Waals surface area contributed by atoms with Crippen molar-refractivity contribution in [3.8, 4) is 11.4 Å². The SMILES string of the molecule is CC[C@@]1(O)C(=O)OCc2c1cc1n(c2=O)Cc2c-1nc1cc(F)c(Br)cc1c2CNC(=O)COC(C)(C)C. The summed E-state index contributed by atoms with van der Waals surface area (Å²) in [6, 6.07) is 4.48. The lowest BCUT2D eigenvalue weighted by Crippen LogP contribution is -2.44. The predicted molar refractivity (Wildman–Crippen MR) is 140 cm³/mol. The van der Waals surface area contributed by atoms with Gasteiger partial charge in [0, 0.05) is 29.1 Å². The van der Waals surface area contributed by atoms with Crippen LogP contribution in [0.4, 0.5) is 4.39 Å². The number of carbonyl (C=O) groups is 2. The van der Waals surface area contributed by atoms with Gasteiger partial charge in [0.2, 0.25) is 5.91 Å². The zero-order valence-corrected chi connectivity index (χ0v) is 23.0. The van der Waals surface area contributed by atoms with Crippen molar-refractivity contribution in [2.45, 2.75) is 65.0 Å². The highest BCUT2D eigenvalue weighted by Gasteiger charge is 2.45. The summed E-state index contributed by atoms with van der Waals surface area (Å²) in [4.78, 5) is 43.2. The Morgan fingerprint density at radius 2 is 2.03 bits per heavy atom. The molecule has 38 heavy (non-hydrogen) atoms. The van der Waals surface area contributed by atoms with Crippen LogP contribution in [0.25, 0.3) is 22.3 Å². The van der Waals surface area contributed by atoms with Gasteiger partial charge in [0.05, 0.1) is 39.1 Å². The fraction of sp³-hybridized carbons (Fsp3) is 0.407. The average Bonchev–Trinajstić information content (AvgIpc) is 3.22. The van der Waals surface area contributed by atoms with Crippen LogP contribution in [0.15, 0.2) is 27.5 Å². The Balaban J connectivity index is 1.65. The molecule has 11 heteroatoms. The van der Waals surface area contributed by atoms with Crippen LogP contribution in [-0.4, -0.2) is 38.7 Å². The van der Waals surface area contributed by atoms with E-state index in [1.165, 1.54) is 10.6 Å². The Labute approximate surface area is 226 Å². The predicted octanol–water partition coefficient (Wildman–Crippen LogP) is 3.41. The number of benzene rings is 1. The molecule has 0 spiro atoms. The minimum Gasteiger partial charge on any atom is -0.458 e. The number of carbonyl (C=O) groups excluding carboxylic acids is 2. The number of aliphatic hydroxyl groups is 1. The van der Waals surface area contributed by atoms with Gasteiger partial charge in [0.25, 0.3) is 5.56 Å². The van der Waals surface area contributed by atoms with Gasteiger partial charge in [-0.15, -0.1) is 0 Å². The normalized spacial score (nSPS) is 18.1. The quantitative estimate of drug-likeness (QED) is 0.343. The Morgan fingerprint density at radius 3 is 2.71 bits per heavy atom. The lowest BCUT2D eigenvalue weighted by Gasteiger charge is -2.31. The molecule has 200 valence electrons.